The van der Waals surface area contributed by atoms with Crippen LogP contribution in [0.25, 0.3) is 0 Å². The van der Waals surface area contributed by atoms with E-state index in [9.17, 15) is 0 Å². The van der Waals surface area contributed by atoms with E-state index in [1.54, 1.807) is 0 Å². The molecule has 0 saturated heterocycles. The van der Waals surface area contributed by atoms with E-state index in [2.05, 4.69) is 0 Å². The van der Waals surface area contributed by atoms with Gasteiger partial charge in [0.25, 0.3) is 0 Å². The van der Waals surface area contributed by atoms with E-state index in [-0.39, 0.29) is 95.1 Å². The Kier molecular flexibility index (Phi) is 117. The van der Waals surface area contributed by atoms with Crippen molar-refractivity contribution >= 4 is 48.4 Å². The Labute approximate surface area is 117 Å². The largest absolute Gasteiger partial charge is 0 e. The van der Waals surface area contributed by atoms with E-state index < -0.39 is 0 Å². The van der Waals surface area contributed by atoms with Crippen molar-refractivity contribution in [3.8, 4) is 0 Å². The SMILES string of the molecule is [InH3].[O]=[Sn].[Ta].[Yb]. The maximum atomic E-state index is 8.34. The smallest absolute Gasteiger partial charge is 0 e. The molecule has 0 rings (SSSR count). The van der Waals surface area contributed by atoms with Crippen LogP contribution in [0.1, 0.15) is 0 Å². The zero-order chi connectivity index (χ0) is 2.00. The fourth-order valence-electron chi connectivity index (χ4n) is 0. The molecule has 0 aliphatic heterocycles. The molecule has 0 saturated carbocycles. The van der Waals surface area contributed by atoms with Crippen molar-refractivity contribution in [2.75, 3.05) is 0 Å². The summed E-state index contributed by atoms with van der Waals surface area (Å²) in [5, 5.41) is 0. The summed E-state index contributed by atoms with van der Waals surface area (Å²) in [5.74, 6) is 0. The van der Waals surface area contributed by atoms with Gasteiger partial charge in [0.1, 0.15) is 0 Å². The van der Waals surface area contributed by atoms with Crippen LogP contribution in [0.2, 0.25) is 0 Å². The van der Waals surface area contributed by atoms with Crippen LogP contribution in [0, 0.1) is 46.9 Å². The molecule has 0 spiro atoms. The Hall–Kier alpha value is 3.73. The van der Waals surface area contributed by atoms with Gasteiger partial charge in [-0.3, -0.25) is 0 Å². The van der Waals surface area contributed by atoms with Crippen LogP contribution in [-0.2, 0) is 25.5 Å². The minimum atomic E-state index is 0. The molecular formula is H3InOSnTaYb. The fraction of sp³-hybridized carbons (Fsp3) is 0. The van der Waals surface area contributed by atoms with Gasteiger partial charge in [0.2, 0.25) is 0 Å². The normalized spacial score (nSPS) is 0.800. The Morgan fingerprint density at radius 1 is 1.20 bits per heavy atom. The Morgan fingerprint density at radius 2 is 1.20 bits per heavy atom. The zero-order valence-electron chi connectivity index (χ0n) is 1.62. The van der Waals surface area contributed by atoms with Crippen molar-refractivity contribution in [3.63, 3.8) is 0 Å². The van der Waals surface area contributed by atoms with Crippen molar-refractivity contribution in [1.29, 1.82) is 0 Å². The summed E-state index contributed by atoms with van der Waals surface area (Å²) in [6.45, 7) is 0. The maximum absolute atomic E-state index is 8.34. The quantitative estimate of drug-likeness (QED) is 0.302. The molecule has 35 valence electrons. The van der Waals surface area contributed by atoms with Gasteiger partial charge in [0.15, 0.2) is 0 Å². The average Bonchev–Trinajstić information content (AvgIpc) is 1.00. The van der Waals surface area contributed by atoms with E-state index >= 15 is 0 Å². The van der Waals surface area contributed by atoms with Gasteiger partial charge in [0, 0.05) is 69.3 Å². The summed E-state index contributed by atoms with van der Waals surface area (Å²) < 4.78 is 8.34. The molecule has 0 aromatic heterocycles. The summed E-state index contributed by atoms with van der Waals surface area (Å²) in [6, 6.07) is 0. The first kappa shape index (κ1) is 23.3. The van der Waals surface area contributed by atoms with Gasteiger partial charge in [-0.15, -0.1) is 0 Å². The van der Waals surface area contributed by atoms with Gasteiger partial charge in [-0.25, -0.2) is 0 Å². The van der Waals surface area contributed by atoms with Crippen LogP contribution in [0.5, 0.6) is 0 Å². The third kappa shape index (κ3) is 18.2. The molecule has 0 aliphatic carbocycles. The van der Waals surface area contributed by atoms with Gasteiger partial charge in [-0.05, 0) is 0 Å². The van der Waals surface area contributed by atoms with Gasteiger partial charge in [-0.2, -0.15) is 0 Å². The molecule has 0 N–H and O–H groups in total. The number of rotatable bonds is 0. The Bertz CT molecular complexity index is 11.6. The van der Waals surface area contributed by atoms with Crippen molar-refractivity contribution in [3.05, 3.63) is 0 Å². The van der Waals surface area contributed by atoms with Crippen molar-refractivity contribution in [1.82, 2.24) is 0 Å². The molecule has 0 amide bonds. The summed E-state index contributed by atoms with van der Waals surface area (Å²) in [6.07, 6.45) is 0. The molecule has 1 nitrogen and oxygen atoms in total. The molecule has 0 unspecified atom stereocenters. The predicted octanol–water partition coefficient (Wildman–Crippen LogP) is -1.69. The predicted molar refractivity (Wildman–Crippen MR) is 16.4 cm³/mol. The van der Waals surface area contributed by atoms with E-state index in [4.69, 9.17) is 3.08 Å². The second-order valence-corrected chi connectivity index (χ2v) is 0. The molecule has 0 atom stereocenters. The zero-order valence-corrected chi connectivity index (χ0v) is 9.41. The first-order valence-electron chi connectivity index (χ1n) is 0.204. The third-order valence-electron chi connectivity index (χ3n) is 0. The van der Waals surface area contributed by atoms with Crippen molar-refractivity contribution in [2.24, 2.45) is 0 Å². The molecule has 0 heterocycles. The molecule has 0 fully saturated rings. The van der Waals surface area contributed by atoms with E-state index in [0.29, 0.717) is 22.5 Å². The standard InChI is InChI=1S/In.O.Sn.Ta.Yb.3H. The van der Waals surface area contributed by atoms with Crippen LogP contribution < -0.4 is 0 Å². The van der Waals surface area contributed by atoms with Gasteiger partial charge >= 0.3 is 51.4 Å². The average molecular weight is 607 g/mol. The minimum absolute atomic E-state index is 0. The van der Waals surface area contributed by atoms with E-state index in [1.165, 1.54) is 0 Å². The van der Waals surface area contributed by atoms with Gasteiger partial charge in [-0.1, -0.05) is 0 Å². The maximum Gasteiger partial charge on any atom is 0 e. The molecular weight excluding hydrogens is 604 g/mol. The van der Waals surface area contributed by atoms with Crippen LogP contribution >= 0.6 is 0 Å². The first-order valence-corrected chi connectivity index (χ1v) is 1.37. The summed E-state index contributed by atoms with van der Waals surface area (Å²) in [5.41, 5.74) is 0. The Morgan fingerprint density at radius 3 is 1.20 bits per heavy atom. The van der Waals surface area contributed by atoms with Gasteiger partial charge in [0.05, 0.1) is 0 Å². The van der Waals surface area contributed by atoms with E-state index in [1.807, 2.05) is 0 Å². The third-order valence-corrected chi connectivity index (χ3v) is 0. The molecule has 0 bridgehead atoms. The summed E-state index contributed by atoms with van der Waals surface area (Å²) >= 11 is 0.300. The molecule has 5 heteroatoms. The molecule has 0 aromatic carbocycles. The number of hydrogen-bond acceptors (Lipinski definition) is 1. The first-order chi connectivity index (χ1) is 1.00. The fourth-order valence-corrected chi connectivity index (χ4v) is 0. The number of hydrogen-bond donors (Lipinski definition) is 0. The van der Waals surface area contributed by atoms with E-state index in [0.717, 1.165) is 0 Å². The molecule has 3 radical (unpaired) electrons. The second kappa shape index (κ2) is 25.2. The molecule has 0 aromatic rings. The second-order valence-electron chi connectivity index (χ2n) is 0. The molecule has 0 aliphatic rings. The van der Waals surface area contributed by atoms with Crippen LogP contribution in [-0.4, -0.2) is 48.4 Å². The van der Waals surface area contributed by atoms with Crippen molar-refractivity contribution in [2.45, 2.75) is 0 Å². The minimum Gasteiger partial charge on any atom is 0 e. The van der Waals surface area contributed by atoms with Gasteiger partial charge < -0.3 is 0 Å². The topological polar surface area (TPSA) is 17.1 Å². The van der Waals surface area contributed by atoms with Crippen LogP contribution in [0.15, 0.2) is 0 Å². The molecule has 5 heavy (non-hydrogen) atoms. The summed E-state index contributed by atoms with van der Waals surface area (Å²) in [4.78, 5) is 0. The van der Waals surface area contributed by atoms with Crippen LogP contribution in [0.3, 0.4) is 0 Å². The van der Waals surface area contributed by atoms with Crippen molar-refractivity contribution < 1.29 is 72.4 Å². The summed E-state index contributed by atoms with van der Waals surface area (Å²) in [7, 11) is 0. The van der Waals surface area contributed by atoms with Crippen LogP contribution in [0.4, 0.5) is 0 Å². The monoisotopic (exact) mass is 609 g/mol. The Balaban J connectivity index is -0.00000000167.